The number of para-hydroxylation sites is 5. The minimum atomic E-state index is 0.603. The fourth-order valence-corrected chi connectivity index (χ4v) is 8.46. The minimum absolute atomic E-state index is 0.603. The van der Waals surface area contributed by atoms with Crippen LogP contribution >= 0.6 is 0 Å². The van der Waals surface area contributed by atoms with Crippen LogP contribution in [-0.4, -0.2) is 14.5 Å². The highest BCUT2D eigenvalue weighted by atomic mass is 16.3. The third kappa shape index (κ3) is 4.02. The van der Waals surface area contributed by atoms with Gasteiger partial charge in [0.25, 0.3) is 0 Å². The average molecular weight is 678 g/mol. The van der Waals surface area contributed by atoms with Gasteiger partial charge < -0.3 is 13.4 Å². The smallest absolute Gasteiger partial charge is 0.164 e. The average Bonchev–Trinajstić information content (AvgIpc) is 3.90. The minimum Gasteiger partial charge on any atom is -0.455 e. The Morgan fingerprint density at radius 1 is 0.415 bits per heavy atom. The predicted molar refractivity (Wildman–Crippen MR) is 217 cm³/mol. The van der Waals surface area contributed by atoms with Gasteiger partial charge in [0.2, 0.25) is 0 Å². The lowest BCUT2D eigenvalue weighted by Gasteiger charge is -2.10. The van der Waals surface area contributed by atoms with Gasteiger partial charge in [0, 0.05) is 49.0 Å². The van der Waals surface area contributed by atoms with E-state index in [0.29, 0.717) is 5.82 Å². The van der Waals surface area contributed by atoms with Crippen molar-refractivity contribution in [3.05, 3.63) is 164 Å². The van der Waals surface area contributed by atoms with Crippen molar-refractivity contribution in [1.82, 2.24) is 14.5 Å². The summed E-state index contributed by atoms with van der Waals surface area (Å²) < 4.78 is 15.6. The van der Waals surface area contributed by atoms with Crippen molar-refractivity contribution in [2.75, 3.05) is 0 Å². The first-order chi connectivity index (χ1) is 26.3. The van der Waals surface area contributed by atoms with Gasteiger partial charge in [-0.25, -0.2) is 9.97 Å². The fraction of sp³-hybridized carbons (Fsp3) is 0. The molecule has 12 aromatic rings. The normalized spacial score (nSPS) is 12.2. The van der Waals surface area contributed by atoms with Crippen LogP contribution in [0.15, 0.2) is 173 Å². The highest BCUT2D eigenvalue weighted by Crippen LogP contribution is 2.42. The van der Waals surface area contributed by atoms with Gasteiger partial charge in [-0.1, -0.05) is 109 Å². The van der Waals surface area contributed by atoms with Crippen molar-refractivity contribution >= 4 is 87.4 Å². The Bertz CT molecular complexity index is 3480. The molecule has 0 atom stereocenters. The molecule has 0 bridgehead atoms. The maximum Gasteiger partial charge on any atom is 0.164 e. The van der Waals surface area contributed by atoms with E-state index < -0.39 is 0 Å². The molecule has 0 fully saturated rings. The molecule has 0 spiro atoms. The zero-order chi connectivity index (χ0) is 34.6. The zero-order valence-electron chi connectivity index (χ0n) is 28.2. The molecule has 4 heterocycles. The first-order valence-corrected chi connectivity index (χ1v) is 17.8. The van der Waals surface area contributed by atoms with Gasteiger partial charge in [-0.15, -0.1) is 0 Å². The molecule has 5 heteroatoms. The van der Waals surface area contributed by atoms with Crippen molar-refractivity contribution in [2.45, 2.75) is 0 Å². The molecule has 246 valence electrons. The molecule has 0 aliphatic heterocycles. The number of furan rings is 2. The number of hydrogen-bond donors (Lipinski definition) is 0. The molecule has 0 saturated heterocycles. The quantitative estimate of drug-likeness (QED) is 0.187. The van der Waals surface area contributed by atoms with Crippen LogP contribution in [0, 0.1) is 0 Å². The van der Waals surface area contributed by atoms with Gasteiger partial charge in [0.1, 0.15) is 22.3 Å². The van der Waals surface area contributed by atoms with E-state index in [1.807, 2.05) is 36.4 Å². The molecule has 8 aromatic carbocycles. The molecule has 0 unspecified atom stereocenters. The molecular formula is C48H27N3O2. The molecule has 53 heavy (non-hydrogen) atoms. The van der Waals surface area contributed by atoms with Crippen LogP contribution in [0.4, 0.5) is 0 Å². The van der Waals surface area contributed by atoms with E-state index in [4.69, 9.17) is 18.8 Å². The third-order valence-electron chi connectivity index (χ3n) is 10.8. The van der Waals surface area contributed by atoms with Gasteiger partial charge in [0.15, 0.2) is 5.82 Å². The summed E-state index contributed by atoms with van der Waals surface area (Å²) in [6.45, 7) is 0. The van der Waals surface area contributed by atoms with Crippen molar-refractivity contribution < 1.29 is 8.83 Å². The lowest BCUT2D eigenvalue weighted by atomic mass is 10.0. The molecular weight excluding hydrogens is 651 g/mol. The van der Waals surface area contributed by atoms with Crippen molar-refractivity contribution in [2.24, 2.45) is 0 Å². The Kier molecular flexibility index (Phi) is 5.71. The summed E-state index contributed by atoms with van der Waals surface area (Å²) in [7, 11) is 0. The van der Waals surface area contributed by atoms with Crippen molar-refractivity contribution in [3.8, 4) is 28.3 Å². The Balaban J connectivity index is 1.08. The van der Waals surface area contributed by atoms with Crippen molar-refractivity contribution in [3.63, 3.8) is 0 Å². The first kappa shape index (κ1) is 28.5. The van der Waals surface area contributed by atoms with E-state index in [1.165, 1.54) is 32.6 Å². The molecule has 0 amide bonds. The number of rotatable bonds is 3. The van der Waals surface area contributed by atoms with Crippen LogP contribution in [0.25, 0.3) is 116 Å². The van der Waals surface area contributed by atoms with Crippen LogP contribution < -0.4 is 0 Å². The molecule has 0 saturated carbocycles. The highest BCUT2D eigenvalue weighted by Gasteiger charge is 2.21. The summed E-state index contributed by atoms with van der Waals surface area (Å²) in [6, 6.07) is 57.1. The summed E-state index contributed by atoms with van der Waals surface area (Å²) >= 11 is 0. The number of nitrogens with zero attached hydrogens (tertiary/aromatic N) is 3. The van der Waals surface area contributed by atoms with E-state index in [1.54, 1.807) is 0 Å². The lowest BCUT2D eigenvalue weighted by Crippen LogP contribution is -1.95. The van der Waals surface area contributed by atoms with Crippen LogP contribution in [0.2, 0.25) is 0 Å². The molecule has 5 nitrogen and oxygen atoms in total. The van der Waals surface area contributed by atoms with Crippen LogP contribution in [0.1, 0.15) is 0 Å². The Hall–Kier alpha value is -7.24. The molecule has 0 radical (unpaired) electrons. The molecule has 12 rings (SSSR count). The number of hydrogen-bond acceptors (Lipinski definition) is 4. The largest absolute Gasteiger partial charge is 0.455 e. The van der Waals surface area contributed by atoms with E-state index in [0.717, 1.165) is 77.3 Å². The number of aromatic nitrogens is 3. The maximum atomic E-state index is 6.70. The number of benzene rings is 8. The first-order valence-electron chi connectivity index (χ1n) is 17.8. The van der Waals surface area contributed by atoms with E-state index >= 15 is 0 Å². The van der Waals surface area contributed by atoms with Gasteiger partial charge in [-0.2, -0.15) is 0 Å². The van der Waals surface area contributed by atoms with Gasteiger partial charge >= 0.3 is 0 Å². The van der Waals surface area contributed by atoms with Crippen LogP contribution in [-0.2, 0) is 0 Å². The van der Waals surface area contributed by atoms with E-state index in [2.05, 4.69) is 132 Å². The second-order valence-corrected chi connectivity index (χ2v) is 13.7. The fourth-order valence-electron chi connectivity index (χ4n) is 8.46. The van der Waals surface area contributed by atoms with E-state index in [9.17, 15) is 0 Å². The highest BCUT2D eigenvalue weighted by molar-refractivity contribution is 6.21. The predicted octanol–water partition coefficient (Wildman–Crippen LogP) is 13.0. The standard InChI is InChI=1S/C48H27N3O2/c1-2-12-30-28(11-1)23-25-41-44(30)35-15-4-7-21-40(35)51(41)29-24-26-43-38(27-29)33-17-10-19-37(47(33)53-43)48-49-39-20-6-3-14-34(39)45(50-48)36-18-9-16-32-31-13-5-8-22-42(31)52-46(32)36/h1-27H. The zero-order valence-corrected chi connectivity index (χ0v) is 28.2. The molecule has 0 N–H and O–H groups in total. The van der Waals surface area contributed by atoms with Crippen LogP contribution in [0.3, 0.4) is 0 Å². The third-order valence-corrected chi connectivity index (χ3v) is 10.8. The second kappa shape index (κ2) is 10.6. The maximum absolute atomic E-state index is 6.70. The lowest BCUT2D eigenvalue weighted by molar-refractivity contribution is 0.669. The Morgan fingerprint density at radius 3 is 1.96 bits per heavy atom. The SMILES string of the molecule is c1ccc2c(c1)ccc1c2c2ccccc2n1-c1ccc2oc3c(-c4nc(-c5cccc6c5oc5ccccc56)c5ccccc5n4)cccc3c2c1. The summed E-state index contributed by atoms with van der Waals surface area (Å²) in [4.78, 5) is 10.4. The summed E-state index contributed by atoms with van der Waals surface area (Å²) in [6.07, 6.45) is 0. The number of fused-ring (bicyclic) bond motifs is 12. The van der Waals surface area contributed by atoms with E-state index in [-0.39, 0.29) is 0 Å². The van der Waals surface area contributed by atoms with Gasteiger partial charge in [-0.3, -0.25) is 0 Å². The monoisotopic (exact) mass is 677 g/mol. The summed E-state index contributed by atoms with van der Waals surface area (Å²) in [5.41, 5.74) is 10.1. The molecule has 4 aromatic heterocycles. The molecule has 0 aliphatic carbocycles. The summed E-state index contributed by atoms with van der Waals surface area (Å²) in [5.74, 6) is 0.603. The van der Waals surface area contributed by atoms with Crippen LogP contribution in [0.5, 0.6) is 0 Å². The van der Waals surface area contributed by atoms with Gasteiger partial charge in [0.05, 0.1) is 27.8 Å². The molecule has 0 aliphatic rings. The Morgan fingerprint density at radius 2 is 1.08 bits per heavy atom. The Labute approximate surface area is 302 Å². The summed E-state index contributed by atoms with van der Waals surface area (Å²) in [5, 5.41) is 10.2. The topological polar surface area (TPSA) is 57.0 Å². The van der Waals surface area contributed by atoms with Gasteiger partial charge in [-0.05, 0) is 65.4 Å². The van der Waals surface area contributed by atoms with Crippen molar-refractivity contribution in [1.29, 1.82) is 0 Å². The second-order valence-electron chi connectivity index (χ2n) is 13.7.